The van der Waals surface area contributed by atoms with E-state index >= 15 is 0 Å². The fourth-order valence-electron chi connectivity index (χ4n) is 5.67. The first kappa shape index (κ1) is 19.7. The standard InChI is InChI=1S/C23H43NO/c1-21(2,3)18-7-12-23(13-8-18)14-9-20(25-23)17-24-15-10-19(11-16-24)22(4,5)6/h18-20H,7-17H2,1-6H3. The molecule has 0 N–H and O–H groups in total. The summed E-state index contributed by atoms with van der Waals surface area (Å²) in [6.07, 6.45) is 11.2. The van der Waals surface area contributed by atoms with E-state index in [9.17, 15) is 0 Å². The van der Waals surface area contributed by atoms with Crippen molar-refractivity contribution in [1.82, 2.24) is 4.90 Å². The third kappa shape index (κ3) is 4.80. The smallest absolute Gasteiger partial charge is 0.0710 e. The molecule has 1 unspecified atom stereocenters. The predicted molar refractivity (Wildman–Crippen MR) is 107 cm³/mol. The molecule has 2 nitrogen and oxygen atoms in total. The van der Waals surface area contributed by atoms with Crippen molar-refractivity contribution in [3.63, 3.8) is 0 Å². The molecule has 0 aromatic heterocycles. The highest BCUT2D eigenvalue weighted by Crippen LogP contribution is 2.48. The Labute approximate surface area is 157 Å². The Morgan fingerprint density at radius 1 is 0.760 bits per heavy atom. The van der Waals surface area contributed by atoms with Crippen LogP contribution in [0.1, 0.15) is 92.9 Å². The molecular weight excluding hydrogens is 306 g/mol. The SMILES string of the molecule is CC(C)(C)C1CCN(CC2CCC3(CCC(C(C)(C)C)CC3)O2)CC1. The van der Waals surface area contributed by atoms with E-state index in [2.05, 4.69) is 46.4 Å². The normalized spacial score (nSPS) is 36.2. The highest BCUT2D eigenvalue weighted by atomic mass is 16.5. The summed E-state index contributed by atoms with van der Waals surface area (Å²) < 4.78 is 6.71. The average Bonchev–Trinajstić information content (AvgIpc) is 2.89. The van der Waals surface area contributed by atoms with Gasteiger partial charge in [-0.2, -0.15) is 0 Å². The first-order valence-corrected chi connectivity index (χ1v) is 11.0. The van der Waals surface area contributed by atoms with Gasteiger partial charge in [0.05, 0.1) is 11.7 Å². The second-order valence-electron chi connectivity index (χ2n) is 11.5. The lowest BCUT2D eigenvalue weighted by molar-refractivity contribution is -0.0878. The van der Waals surface area contributed by atoms with E-state index in [4.69, 9.17) is 4.74 Å². The fraction of sp³-hybridized carbons (Fsp3) is 1.00. The predicted octanol–water partition coefficient (Wildman–Crippen LogP) is 5.90. The van der Waals surface area contributed by atoms with Gasteiger partial charge in [0.2, 0.25) is 0 Å². The van der Waals surface area contributed by atoms with Crippen LogP contribution in [0.25, 0.3) is 0 Å². The lowest BCUT2D eigenvalue weighted by atomic mass is 9.68. The molecule has 2 saturated heterocycles. The molecule has 146 valence electrons. The van der Waals surface area contributed by atoms with Crippen molar-refractivity contribution in [2.75, 3.05) is 19.6 Å². The van der Waals surface area contributed by atoms with Crippen LogP contribution < -0.4 is 0 Å². The van der Waals surface area contributed by atoms with E-state index < -0.39 is 0 Å². The number of rotatable bonds is 2. The van der Waals surface area contributed by atoms with E-state index in [1.165, 1.54) is 71.0 Å². The summed E-state index contributed by atoms with van der Waals surface area (Å²) in [6.45, 7) is 18.2. The van der Waals surface area contributed by atoms with Crippen LogP contribution in [-0.4, -0.2) is 36.2 Å². The molecule has 0 aromatic rings. The lowest BCUT2D eigenvalue weighted by Crippen LogP contribution is -2.43. The zero-order valence-corrected chi connectivity index (χ0v) is 17.9. The maximum atomic E-state index is 6.71. The molecule has 0 aromatic carbocycles. The van der Waals surface area contributed by atoms with Crippen molar-refractivity contribution in [2.24, 2.45) is 22.7 Å². The van der Waals surface area contributed by atoms with Crippen LogP contribution >= 0.6 is 0 Å². The second-order valence-corrected chi connectivity index (χ2v) is 11.5. The summed E-state index contributed by atoms with van der Waals surface area (Å²) in [5, 5.41) is 0. The van der Waals surface area contributed by atoms with Gasteiger partial charge in [-0.05, 0) is 87.1 Å². The van der Waals surface area contributed by atoms with Gasteiger partial charge >= 0.3 is 0 Å². The van der Waals surface area contributed by atoms with Crippen LogP contribution in [0.3, 0.4) is 0 Å². The number of piperidine rings is 1. The minimum Gasteiger partial charge on any atom is -0.370 e. The minimum atomic E-state index is 0.246. The largest absolute Gasteiger partial charge is 0.370 e. The van der Waals surface area contributed by atoms with Gasteiger partial charge in [0.15, 0.2) is 0 Å². The average molecular weight is 350 g/mol. The molecule has 3 rings (SSSR count). The van der Waals surface area contributed by atoms with Gasteiger partial charge in [-0.3, -0.25) is 0 Å². The van der Waals surface area contributed by atoms with Gasteiger partial charge in [0.1, 0.15) is 0 Å². The topological polar surface area (TPSA) is 12.5 Å². The van der Waals surface area contributed by atoms with Crippen LogP contribution in [0.2, 0.25) is 0 Å². The van der Waals surface area contributed by atoms with Gasteiger partial charge in [-0.1, -0.05) is 41.5 Å². The van der Waals surface area contributed by atoms with Crippen molar-refractivity contribution in [2.45, 2.75) is 105 Å². The summed E-state index contributed by atoms with van der Waals surface area (Å²) in [5.74, 6) is 1.78. The Kier molecular flexibility index (Phi) is 5.63. The third-order valence-corrected chi connectivity index (χ3v) is 7.73. The molecule has 3 aliphatic rings. The van der Waals surface area contributed by atoms with Gasteiger partial charge in [0.25, 0.3) is 0 Å². The monoisotopic (exact) mass is 349 g/mol. The molecule has 1 atom stereocenters. The summed E-state index contributed by atoms with van der Waals surface area (Å²) in [4.78, 5) is 2.69. The number of likely N-dealkylation sites (tertiary alicyclic amines) is 1. The summed E-state index contributed by atoms with van der Waals surface area (Å²) in [5.41, 5.74) is 1.19. The van der Waals surface area contributed by atoms with Crippen LogP contribution in [0.5, 0.6) is 0 Å². The molecule has 25 heavy (non-hydrogen) atoms. The van der Waals surface area contributed by atoms with Crippen molar-refractivity contribution < 1.29 is 4.74 Å². The first-order valence-electron chi connectivity index (χ1n) is 11.0. The molecule has 1 aliphatic carbocycles. The first-order chi connectivity index (χ1) is 11.6. The van der Waals surface area contributed by atoms with E-state index in [0.717, 1.165) is 11.8 Å². The Morgan fingerprint density at radius 3 is 1.76 bits per heavy atom. The molecule has 2 heterocycles. The van der Waals surface area contributed by atoms with Gasteiger partial charge in [0, 0.05) is 6.54 Å². The highest BCUT2D eigenvalue weighted by molar-refractivity contribution is 4.96. The highest BCUT2D eigenvalue weighted by Gasteiger charge is 2.45. The maximum absolute atomic E-state index is 6.71. The molecule has 2 heteroatoms. The molecule has 0 amide bonds. The number of nitrogens with zero attached hydrogens (tertiary/aromatic N) is 1. The van der Waals surface area contributed by atoms with Gasteiger partial charge < -0.3 is 9.64 Å². The zero-order chi connectivity index (χ0) is 18.3. The van der Waals surface area contributed by atoms with Crippen LogP contribution in [0.15, 0.2) is 0 Å². The van der Waals surface area contributed by atoms with Crippen molar-refractivity contribution in [3.05, 3.63) is 0 Å². The molecule has 1 saturated carbocycles. The van der Waals surface area contributed by atoms with E-state index in [0.29, 0.717) is 16.9 Å². The van der Waals surface area contributed by atoms with E-state index in [-0.39, 0.29) is 5.60 Å². The van der Waals surface area contributed by atoms with Crippen molar-refractivity contribution in [3.8, 4) is 0 Å². The Bertz CT molecular complexity index is 428. The number of hydrogen-bond donors (Lipinski definition) is 0. The number of hydrogen-bond acceptors (Lipinski definition) is 2. The molecule has 1 spiro atoms. The van der Waals surface area contributed by atoms with Gasteiger partial charge in [-0.15, -0.1) is 0 Å². The summed E-state index contributed by atoms with van der Waals surface area (Å²) >= 11 is 0. The van der Waals surface area contributed by atoms with Crippen molar-refractivity contribution >= 4 is 0 Å². The van der Waals surface area contributed by atoms with Gasteiger partial charge in [-0.25, -0.2) is 0 Å². The Morgan fingerprint density at radius 2 is 1.24 bits per heavy atom. The van der Waals surface area contributed by atoms with E-state index in [1.807, 2.05) is 0 Å². The van der Waals surface area contributed by atoms with Crippen molar-refractivity contribution in [1.29, 1.82) is 0 Å². The third-order valence-electron chi connectivity index (χ3n) is 7.73. The number of ether oxygens (including phenoxy) is 1. The quantitative estimate of drug-likeness (QED) is 0.615. The molecule has 3 fully saturated rings. The second kappa shape index (κ2) is 7.15. The fourth-order valence-corrected chi connectivity index (χ4v) is 5.67. The Balaban J connectivity index is 1.44. The molecule has 2 aliphatic heterocycles. The summed E-state index contributed by atoms with van der Waals surface area (Å²) in [7, 11) is 0. The minimum absolute atomic E-state index is 0.246. The van der Waals surface area contributed by atoms with Crippen LogP contribution in [0, 0.1) is 22.7 Å². The van der Waals surface area contributed by atoms with Crippen LogP contribution in [-0.2, 0) is 4.74 Å². The molecule has 0 radical (unpaired) electrons. The summed E-state index contributed by atoms with van der Waals surface area (Å²) in [6, 6.07) is 0. The van der Waals surface area contributed by atoms with Crippen LogP contribution in [0.4, 0.5) is 0 Å². The zero-order valence-electron chi connectivity index (χ0n) is 17.9. The molecular formula is C23H43NO. The Hall–Kier alpha value is -0.0800. The van der Waals surface area contributed by atoms with E-state index in [1.54, 1.807) is 0 Å². The molecule has 0 bridgehead atoms. The maximum Gasteiger partial charge on any atom is 0.0710 e. The lowest BCUT2D eigenvalue weighted by Gasteiger charge is -2.42.